The topological polar surface area (TPSA) is 3.24 Å². The Hall–Kier alpha value is 0.0500. The average molecular weight is 159 g/mol. The molecule has 10 heavy (non-hydrogen) atoms. The van der Waals surface area contributed by atoms with Crippen LogP contribution in [0.5, 0.6) is 0 Å². The van der Waals surface area contributed by atoms with E-state index in [2.05, 4.69) is 31.0 Å². The fourth-order valence-corrected chi connectivity index (χ4v) is 1.50. The maximum atomic E-state index is 3.87. The highest BCUT2D eigenvalue weighted by molar-refractivity contribution is 7.96. The van der Waals surface area contributed by atoms with E-state index in [1.807, 2.05) is 0 Å². The molecule has 0 aliphatic heterocycles. The van der Waals surface area contributed by atoms with Gasteiger partial charge in [-0.3, -0.25) is 0 Å². The monoisotopic (exact) mass is 159 g/mol. The third-order valence-electron chi connectivity index (χ3n) is 1.18. The second kappa shape index (κ2) is 5.81. The van der Waals surface area contributed by atoms with Crippen LogP contribution in [0.1, 0.15) is 20.3 Å². The summed E-state index contributed by atoms with van der Waals surface area (Å²) in [4.78, 5) is 0. The van der Waals surface area contributed by atoms with E-state index < -0.39 is 0 Å². The molecule has 0 aromatic carbocycles. The first-order valence-electron chi connectivity index (χ1n) is 3.64. The summed E-state index contributed by atoms with van der Waals surface area (Å²) in [5, 5.41) is 0. The lowest BCUT2D eigenvalue weighted by molar-refractivity contribution is 0.507. The van der Waals surface area contributed by atoms with Crippen molar-refractivity contribution < 1.29 is 0 Å². The van der Waals surface area contributed by atoms with Gasteiger partial charge in [-0.2, -0.15) is 0 Å². The summed E-state index contributed by atoms with van der Waals surface area (Å²) < 4.78 is 2.32. The minimum absolute atomic E-state index is 1.02. The van der Waals surface area contributed by atoms with Crippen molar-refractivity contribution in [3.8, 4) is 0 Å². The largest absolute Gasteiger partial charge is 0.247 e. The third-order valence-corrected chi connectivity index (χ3v) is 2.01. The second-order valence-electron chi connectivity index (χ2n) is 2.50. The summed E-state index contributed by atoms with van der Waals surface area (Å²) in [6, 6.07) is 0. The van der Waals surface area contributed by atoms with Crippen LogP contribution in [-0.2, 0) is 0 Å². The van der Waals surface area contributed by atoms with Crippen molar-refractivity contribution in [3.05, 3.63) is 12.2 Å². The minimum Gasteiger partial charge on any atom is -0.247 e. The van der Waals surface area contributed by atoms with Gasteiger partial charge < -0.3 is 0 Å². The summed E-state index contributed by atoms with van der Waals surface area (Å²) in [7, 11) is 0. The highest BCUT2D eigenvalue weighted by atomic mass is 32.2. The normalized spacial score (nSPS) is 10.4. The molecule has 0 bridgehead atoms. The van der Waals surface area contributed by atoms with Crippen LogP contribution in [0, 0.1) is 0 Å². The first kappa shape index (κ1) is 10.0. The van der Waals surface area contributed by atoms with Gasteiger partial charge in [0, 0.05) is 13.1 Å². The van der Waals surface area contributed by atoms with Crippen LogP contribution >= 0.6 is 11.9 Å². The van der Waals surface area contributed by atoms with Gasteiger partial charge in [-0.1, -0.05) is 31.0 Å². The Labute approximate surface area is 68.6 Å². The highest BCUT2D eigenvalue weighted by Crippen LogP contribution is 2.07. The molecule has 0 atom stereocenters. The van der Waals surface area contributed by atoms with E-state index in [9.17, 15) is 0 Å². The fraction of sp³-hybridized carbons (Fsp3) is 0.750. The highest BCUT2D eigenvalue weighted by Gasteiger charge is 1.99. The van der Waals surface area contributed by atoms with E-state index in [1.165, 1.54) is 12.0 Å². The molecule has 0 heterocycles. The molecule has 0 spiro atoms. The standard InChI is InChI=1S/C8H17NS/c1-5-6-9(10-4)7-8(2)3/h2,5-7H2,1,3-4H3. The first-order chi connectivity index (χ1) is 4.70. The molecule has 2 heteroatoms. The fourth-order valence-electron chi connectivity index (χ4n) is 0.785. The molecule has 0 fully saturated rings. The van der Waals surface area contributed by atoms with Crippen LogP contribution in [0.2, 0.25) is 0 Å². The molecule has 0 aliphatic carbocycles. The molecule has 0 saturated carbocycles. The molecule has 0 amide bonds. The van der Waals surface area contributed by atoms with E-state index >= 15 is 0 Å². The molecule has 0 aromatic heterocycles. The summed E-state index contributed by atoms with van der Waals surface area (Å²) >= 11 is 1.80. The number of hydrogen-bond acceptors (Lipinski definition) is 2. The summed E-state index contributed by atoms with van der Waals surface area (Å²) in [5.74, 6) is 0. The Morgan fingerprint density at radius 2 is 2.20 bits per heavy atom. The molecule has 0 rings (SSSR count). The van der Waals surface area contributed by atoms with Crippen LogP contribution in [0.25, 0.3) is 0 Å². The van der Waals surface area contributed by atoms with Gasteiger partial charge in [0.25, 0.3) is 0 Å². The van der Waals surface area contributed by atoms with Crippen molar-refractivity contribution in [2.75, 3.05) is 19.3 Å². The first-order valence-corrected chi connectivity index (χ1v) is 4.82. The van der Waals surface area contributed by atoms with E-state index in [-0.39, 0.29) is 0 Å². The molecule has 0 saturated heterocycles. The molecule has 0 aliphatic rings. The lowest BCUT2D eigenvalue weighted by atomic mass is 10.3. The van der Waals surface area contributed by atoms with Gasteiger partial charge in [0.05, 0.1) is 0 Å². The van der Waals surface area contributed by atoms with Gasteiger partial charge in [-0.05, 0) is 19.6 Å². The maximum Gasteiger partial charge on any atom is 0.0294 e. The van der Waals surface area contributed by atoms with Crippen molar-refractivity contribution in [1.82, 2.24) is 4.31 Å². The number of nitrogens with zero attached hydrogens (tertiary/aromatic N) is 1. The van der Waals surface area contributed by atoms with Gasteiger partial charge in [0.1, 0.15) is 0 Å². The number of hydrogen-bond donors (Lipinski definition) is 0. The molecule has 0 N–H and O–H groups in total. The van der Waals surface area contributed by atoms with Crippen LogP contribution in [-0.4, -0.2) is 23.7 Å². The predicted octanol–water partition coefficient (Wildman–Crippen LogP) is 2.55. The van der Waals surface area contributed by atoms with Crippen molar-refractivity contribution in [2.45, 2.75) is 20.3 Å². The van der Waals surface area contributed by atoms with Crippen molar-refractivity contribution in [1.29, 1.82) is 0 Å². The second-order valence-corrected chi connectivity index (χ2v) is 3.38. The average Bonchev–Trinajstić information content (AvgIpc) is 1.86. The van der Waals surface area contributed by atoms with Gasteiger partial charge >= 0.3 is 0 Å². The van der Waals surface area contributed by atoms with Crippen LogP contribution in [0.15, 0.2) is 12.2 Å². The Bertz CT molecular complexity index is 101. The Morgan fingerprint density at radius 1 is 1.60 bits per heavy atom. The molecule has 0 radical (unpaired) electrons. The zero-order valence-corrected chi connectivity index (χ0v) is 8.00. The van der Waals surface area contributed by atoms with Gasteiger partial charge in [0.15, 0.2) is 0 Å². The third kappa shape index (κ3) is 4.89. The zero-order valence-electron chi connectivity index (χ0n) is 7.18. The van der Waals surface area contributed by atoms with Crippen molar-refractivity contribution in [3.63, 3.8) is 0 Å². The van der Waals surface area contributed by atoms with E-state index in [1.54, 1.807) is 11.9 Å². The molecule has 0 aromatic rings. The maximum absolute atomic E-state index is 3.87. The van der Waals surface area contributed by atoms with E-state index in [0.717, 1.165) is 13.1 Å². The Kier molecular flexibility index (Phi) is 5.84. The SMILES string of the molecule is C=C(C)CN(CCC)SC. The molecule has 0 unspecified atom stereocenters. The van der Waals surface area contributed by atoms with Crippen molar-refractivity contribution in [2.24, 2.45) is 0 Å². The Morgan fingerprint density at radius 3 is 2.50 bits per heavy atom. The molecule has 60 valence electrons. The van der Waals surface area contributed by atoms with Crippen LogP contribution < -0.4 is 0 Å². The molecule has 1 nitrogen and oxygen atoms in total. The minimum atomic E-state index is 1.02. The number of rotatable bonds is 5. The summed E-state index contributed by atoms with van der Waals surface area (Å²) in [6.45, 7) is 10.3. The quantitative estimate of drug-likeness (QED) is 0.448. The summed E-state index contributed by atoms with van der Waals surface area (Å²) in [5.41, 5.74) is 1.24. The predicted molar refractivity (Wildman–Crippen MR) is 50.2 cm³/mol. The van der Waals surface area contributed by atoms with Gasteiger partial charge in [-0.15, -0.1) is 0 Å². The van der Waals surface area contributed by atoms with Crippen LogP contribution in [0.4, 0.5) is 0 Å². The van der Waals surface area contributed by atoms with Crippen LogP contribution in [0.3, 0.4) is 0 Å². The lowest BCUT2D eigenvalue weighted by Gasteiger charge is -2.17. The Balaban J connectivity index is 3.49. The molecular formula is C8H17NS. The lowest BCUT2D eigenvalue weighted by Crippen LogP contribution is -2.17. The van der Waals surface area contributed by atoms with Crippen molar-refractivity contribution >= 4 is 11.9 Å². The van der Waals surface area contributed by atoms with E-state index in [4.69, 9.17) is 0 Å². The van der Waals surface area contributed by atoms with E-state index in [0.29, 0.717) is 0 Å². The zero-order chi connectivity index (χ0) is 7.98. The van der Waals surface area contributed by atoms with Gasteiger partial charge in [0.2, 0.25) is 0 Å². The summed E-state index contributed by atoms with van der Waals surface area (Å²) in [6.07, 6.45) is 3.33. The smallest absolute Gasteiger partial charge is 0.0294 e. The van der Waals surface area contributed by atoms with Gasteiger partial charge in [-0.25, -0.2) is 4.31 Å². The molecular weight excluding hydrogens is 142 g/mol.